The number of nitrogens with one attached hydrogen (secondary N) is 1. The minimum absolute atomic E-state index is 0.303. The lowest BCUT2D eigenvalue weighted by atomic mass is 10.2. The molecule has 1 aliphatic rings. The van der Waals surface area contributed by atoms with E-state index in [1.54, 1.807) is 0 Å². The first-order valence-corrected chi connectivity index (χ1v) is 4.03. The Hall–Kier alpha value is -1.08. The topological polar surface area (TPSA) is 73.1 Å². The van der Waals surface area contributed by atoms with E-state index < -0.39 is 18.1 Å². The molecule has 1 fully saturated rings. The number of nitrogens with zero attached hydrogens (tertiary/aromatic N) is 1. The van der Waals surface area contributed by atoms with E-state index in [9.17, 15) is 4.79 Å². The highest BCUT2D eigenvalue weighted by atomic mass is 16.3. The fourth-order valence-corrected chi connectivity index (χ4v) is 0.959. The summed E-state index contributed by atoms with van der Waals surface area (Å²) < 4.78 is 0. The second-order valence-corrected chi connectivity index (χ2v) is 3.13. The van der Waals surface area contributed by atoms with E-state index in [1.165, 1.54) is 6.92 Å². The zero-order chi connectivity index (χ0) is 9.14. The highest BCUT2D eigenvalue weighted by Gasteiger charge is 2.32. The molecule has 2 atom stereocenters. The van der Waals surface area contributed by atoms with E-state index in [2.05, 4.69) is 5.32 Å². The lowest BCUT2D eigenvalue weighted by molar-refractivity contribution is -0.128. The Morgan fingerprint density at radius 2 is 2.33 bits per heavy atom. The van der Waals surface area contributed by atoms with E-state index >= 15 is 0 Å². The number of nitriles is 1. The van der Waals surface area contributed by atoms with Crippen molar-refractivity contribution < 1.29 is 9.90 Å². The van der Waals surface area contributed by atoms with Gasteiger partial charge in [-0.05, 0) is 25.7 Å². The molecule has 12 heavy (non-hydrogen) atoms. The number of carbonyl (C=O) groups excluding carboxylic acids is 1. The fraction of sp³-hybridized carbons (Fsp3) is 0.750. The first-order chi connectivity index (χ1) is 5.65. The van der Waals surface area contributed by atoms with Gasteiger partial charge in [0.2, 0.25) is 5.91 Å². The summed E-state index contributed by atoms with van der Waals surface area (Å²) in [6, 6.07) is 1.60. The van der Waals surface area contributed by atoms with Crippen LogP contribution in [0.2, 0.25) is 0 Å². The van der Waals surface area contributed by atoms with Crippen molar-refractivity contribution in [1.29, 1.82) is 5.26 Å². The summed E-state index contributed by atoms with van der Waals surface area (Å²) in [5.41, 5.74) is 0. The Balaban J connectivity index is 2.37. The van der Waals surface area contributed by atoms with Gasteiger partial charge in [-0.25, -0.2) is 0 Å². The van der Waals surface area contributed by atoms with Gasteiger partial charge in [-0.2, -0.15) is 5.26 Å². The van der Waals surface area contributed by atoms with Crippen molar-refractivity contribution >= 4 is 5.91 Å². The number of hydrogen-bond donors (Lipinski definition) is 2. The predicted octanol–water partition coefficient (Wildman–Crippen LogP) is -0.214. The molecule has 1 rings (SSSR count). The van der Waals surface area contributed by atoms with Gasteiger partial charge in [-0.15, -0.1) is 0 Å². The molecule has 0 radical (unpaired) electrons. The van der Waals surface area contributed by atoms with Crippen LogP contribution in [0.1, 0.15) is 19.8 Å². The molecule has 1 aliphatic carbocycles. The molecule has 0 bridgehead atoms. The van der Waals surface area contributed by atoms with E-state index in [1.807, 2.05) is 6.07 Å². The number of carbonyl (C=O) groups is 1. The van der Waals surface area contributed by atoms with Crippen LogP contribution < -0.4 is 5.32 Å². The minimum atomic E-state index is -1.03. The molecular weight excluding hydrogens is 156 g/mol. The van der Waals surface area contributed by atoms with Crippen molar-refractivity contribution in [2.75, 3.05) is 0 Å². The van der Waals surface area contributed by atoms with Gasteiger partial charge in [0.25, 0.3) is 0 Å². The summed E-state index contributed by atoms with van der Waals surface area (Å²) in [6.07, 6.45) is 0.969. The molecule has 1 unspecified atom stereocenters. The summed E-state index contributed by atoms with van der Waals surface area (Å²) in [5, 5.41) is 19.9. The third-order valence-corrected chi connectivity index (χ3v) is 1.91. The van der Waals surface area contributed by atoms with E-state index in [-0.39, 0.29) is 0 Å². The van der Waals surface area contributed by atoms with Gasteiger partial charge < -0.3 is 10.4 Å². The molecule has 4 heteroatoms. The first kappa shape index (κ1) is 9.01. The average molecular weight is 168 g/mol. The standard InChI is InChI=1S/C8H12N2O2/c1-5(11)8(12)10-7(4-9)6-2-3-6/h5-7,11H,2-3H2,1H3,(H,10,12)/t5-,7?/m1/s1. The smallest absolute Gasteiger partial charge is 0.249 e. The molecule has 0 aliphatic heterocycles. The SMILES string of the molecule is C[C@@H](O)C(=O)NC(C#N)C1CC1. The summed E-state index contributed by atoms with van der Waals surface area (Å²) in [4.78, 5) is 10.9. The molecule has 0 spiro atoms. The van der Waals surface area contributed by atoms with Crippen molar-refractivity contribution in [3.8, 4) is 6.07 Å². The van der Waals surface area contributed by atoms with Gasteiger partial charge >= 0.3 is 0 Å². The molecule has 1 amide bonds. The van der Waals surface area contributed by atoms with Gasteiger partial charge in [-0.3, -0.25) is 4.79 Å². The van der Waals surface area contributed by atoms with Crippen LogP contribution >= 0.6 is 0 Å². The van der Waals surface area contributed by atoms with Crippen LogP contribution in [0.25, 0.3) is 0 Å². The van der Waals surface area contributed by atoms with Crippen LogP contribution in [0.15, 0.2) is 0 Å². The van der Waals surface area contributed by atoms with Gasteiger partial charge in [-0.1, -0.05) is 0 Å². The van der Waals surface area contributed by atoms with Gasteiger partial charge in [0.05, 0.1) is 6.07 Å². The number of aliphatic hydroxyl groups is 1. The van der Waals surface area contributed by atoms with Crippen LogP contribution in [-0.2, 0) is 4.79 Å². The maximum atomic E-state index is 10.9. The van der Waals surface area contributed by atoms with Crippen molar-refractivity contribution in [3.05, 3.63) is 0 Å². The lowest BCUT2D eigenvalue weighted by Crippen LogP contribution is -2.40. The quantitative estimate of drug-likeness (QED) is 0.612. The van der Waals surface area contributed by atoms with Gasteiger partial charge in [0.15, 0.2) is 0 Å². The summed E-state index contributed by atoms with van der Waals surface area (Å²) in [5.74, 6) is -0.161. The van der Waals surface area contributed by atoms with Crippen LogP contribution in [0, 0.1) is 17.2 Å². The molecule has 4 nitrogen and oxygen atoms in total. The summed E-state index contributed by atoms with van der Waals surface area (Å²) >= 11 is 0. The molecule has 0 aromatic carbocycles. The van der Waals surface area contributed by atoms with Crippen LogP contribution in [-0.4, -0.2) is 23.2 Å². The predicted molar refractivity (Wildman–Crippen MR) is 41.9 cm³/mol. The molecule has 0 aromatic rings. The van der Waals surface area contributed by atoms with Gasteiger partial charge in [0.1, 0.15) is 12.1 Å². The molecule has 0 heterocycles. The number of amides is 1. The zero-order valence-corrected chi connectivity index (χ0v) is 6.95. The number of hydrogen-bond acceptors (Lipinski definition) is 3. The largest absolute Gasteiger partial charge is 0.384 e. The van der Waals surface area contributed by atoms with Crippen LogP contribution in [0.3, 0.4) is 0 Å². The first-order valence-electron chi connectivity index (χ1n) is 4.03. The second kappa shape index (κ2) is 3.55. The average Bonchev–Trinajstić information content (AvgIpc) is 2.82. The second-order valence-electron chi connectivity index (χ2n) is 3.13. The normalized spacial score (nSPS) is 20.8. The van der Waals surface area contributed by atoms with Crippen molar-refractivity contribution in [1.82, 2.24) is 5.32 Å². The Morgan fingerprint density at radius 1 is 1.75 bits per heavy atom. The summed E-state index contributed by atoms with van der Waals surface area (Å²) in [7, 11) is 0. The highest BCUT2D eigenvalue weighted by Crippen LogP contribution is 2.32. The molecule has 0 saturated heterocycles. The lowest BCUT2D eigenvalue weighted by Gasteiger charge is -2.11. The van der Waals surface area contributed by atoms with E-state index in [0.29, 0.717) is 5.92 Å². The Bertz CT molecular complexity index is 216. The van der Waals surface area contributed by atoms with Crippen LogP contribution in [0.5, 0.6) is 0 Å². The number of aliphatic hydroxyl groups excluding tert-OH is 1. The number of rotatable bonds is 3. The Morgan fingerprint density at radius 3 is 2.67 bits per heavy atom. The molecule has 0 aromatic heterocycles. The van der Waals surface area contributed by atoms with Crippen molar-refractivity contribution in [3.63, 3.8) is 0 Å². The maximum absolute atomic E-state index is 10.9. The van der Waals surface area contributed by atoms with Crippen molar-refractivity contribution in [2.24, 2.45) is 5.92 Å². The monoisotopic (exact) mass is 168 g/mol. The van der Waals surface area contributed by atoms with Crippen molar-refractivity contribution in [2.45, 2.75) is 31.9 Å². The summed E-state index contributed by atoms with van der Waals surface area (Å²) in [6.45, 7) is 1.39. The third-order valence-electron chi connectivity index (χ3n) is 1.91. The molecule has 66 valence electrons. The fourth-order valence-electron chi connectivity index (χ4n) is 0.959. The van der Waals surface area contributed by atoms with E-state index in [4.69, 9.17) is 10.4 Å². The van der Waals surface area contributed by atoms with Crippen LogP contribution in [0.4, 0.5) is 0 Å². The third kappa shape index (κ3) is 2.21. The molecular formula is C8H12N2O2. The Kier molecular flexibility index (Phi) is 2.66. The zero-order valence-electron chi connectivity index (χ0n) is 6.95. The molecule has 2 N–H and O–H groups in total. The Labute approximate surface area is 71.2 Å². The molecule has 1 saturated carbocycles. The van der Waals surface area contributed by atoms with E-state index in [0.717, 1.165) is 12.8 Å². The maximum Gasteiger partial charge on any atom is 0.249 e. The minimum Gasteiger partial charge on any atom is -0.384 e. The highest BCUT2D eigenvalue weighted by molar-refractivity contribution is 5.80. The van der Waals surface area contributed by atoms with Gasteiger partial charge in [0, 0.05) is 0 Å².